The van der Waals surface area contributed by atoms with E-state index in [0.717, 1.165) is 39.7 Å². The van der Waals surface area contributed by atoms with E-state index in [1.54, 1.807) is 6.20 Å². The topological polar surface area (TPSA) is 70.6 Å². The average Bonchev–Trinajstić information content (AvgIpc) is 3.37. The van der Waals surface area contributed by atoms with E-state index in [9.17, 15) is 4.79 Å². The molecule has 3 aromatic rings. The number of carbonyl (C=O) groups is 1. The number of hydrogen-bond donors (Lipinski definition) is 1. The second-order valence-electron chi connectivity index (χ2n) is 7.76. The smallest absolute Gasteiger partial charge is 0.358 e. The number of anilines is 3. The Hall–Kier alpha value is -3.26. The number of aromatic nitrogens is 2. The predicted octanol–water partition coefficient (Wildman–Crippen LogP) is 4.23. The zero-order chi connectivity index (χ0) is 21.5. The van der Waals surface area contributed by atoms with E-state index < -0.39 is 5.97 Å². The first-order valence-electron chi connectivity index (χ1n) is 10.0. The van der Waals surface area contributed by atoms with Crippen molar-refractivity contribution in [2.45, 2.75) is 18.4 Å². The molecule has 0 saturated heterocycles. The fraction of sp³-hybridized carbons (Fsp3) is 0.261. The molecule has 0 saturated carbocycles. The summed E-state index contributed by atoms with van der Waals surface area (Å²) in [5.41, 5.74) is 12.4. The van der Waals surface area contributed by atoms with Crippen molar-refractivity contribution in [2.24, 2.45) is 0 Å². The van der Waals surface area contributed by atoms with Gasteiger partial charge in [-0.05, 0) is 41.8 Å². The minimum absolute atomic E-state index is 0.194. The van der Waals surface area contributed by atoms with Gasteiger partial charge in [-0.1, -0.05) is 12.1 Å². The number of thioether (sulfide) groups is 1. The second-order valence-corrected chi connectivity index (χ2v) is 8.75. The van der Waals surface area contributed by atoms with E-state index in [4.69, 9.17) is 4.74 Å². The number of aryl methyl sites for hydroxylation is 1. The molecular formula is C23H23N5O2S. The molecule has 158 valence electrons. The van der Waals surface area contributed by atoms with E-state index in [1.165, 1.54) is 24.4 Å². The molecule has 0 radical (unpaired) electrons. The molecule has 2 aromatic carbocycles. The lowest BCUT2D eigenvalue weighted by atomic mass is 10.0. The first-order chi connectivity index (χ1) is 15.0. The number of carbonyl (C=O) groups excluding carboxylic acids is 1. The SMILES string of the molecule is COC(=O)c1cncc(-c2c(C)ccc3c2N(Nc2ccc4c(c2)CSC4)CN3C)n1. The van der Waals surface area contributed by atoms with E-state index >= 15 is 0 Å². The van der Waals surface area contributed by atoms with Crippen molar-refractivity contribution in [1.82, 2.24) is 9.97 Å². The maximum atomic E-state index is 12.0. The van der Waals surface area contributed by atoms with Crippen molar-refractivity contribution in [2.75, 3.05) is 36.2 Å². The molecule has 0 unspecified atom stereocenters. The number of fused-ring (bicyclic) bond motifs is 2. The van der Waals surface area contributed by atoms with Crippen LogP contribution in [0.15, 0.2) is 42.7 Å². The second kappa shape index (κ2) is 7.77. The van der Waals surface area contributed by atoms with Gasteiger partial charge in [0.25, 0.3) is 0 Å². The fourth-order valence-electron chi connectivity index (χ4n) is 4.12. The van der Waals surface area contributed by atoms with Crippen molar-refractivity contribution < 1.29 is 9.53 Å². The first-order valence-corrected chi connectivity index (χ1v) is 11.2. The van der Waals surface area contributed by atoms with Gasteiger partial charge in [0.1, 0.15) is 6.67 Å². The van der Waals surface area contributed by atoms with Crippen LogP contribution in [0.5, 0.6) is 0 Å². The van der Waals surface area contributed by atoms with Crippen LogP contribution >= 0.6 is 11.8 Å². The summed E-state index contributed by atoms with van der Waals surface area (Å²) in [6.07, 6.45) is 3.12. The number of rotatable bonds is 4. The highest BCUT2D eigenvalue weighted by molar-refractivity contribution is 7.98. The number of nitrogens with one attached hydrogen (secondary N) is 1. The Balaban J connectivity index is 1.57. The van der Waals surface area contributed by atoms with Crippen LogP contribution in [0.4, 0.5) is 17.1 Å². The molecule has 2 aliphatic rings. The minimum Gasteiger partial charge on any atom is -0.464 e. The Morgan fingerprint density at radius 1 is 1.16 bits per heavy atom. The molecule has 31 heavy (non-hydrogen) atoms. The molecule has 0 bridgehead atoms. The lowest BCUT2D eigenvalue weighted by molar-refractivity contribution is 0.0593. The summed E-state index contributed by atoms with van der Waals surface area (Å²) in [6, 6.07) is 10.8. The maximum absolute atomic E-state index is 12.0. The fourth-order valence-corrected chi connectivity index (χ4v) is 5.21. The van der Waals surface area contributed by atoms with E-state index in [1.807, 2.05) is 18.7 Å². The van der Waals surface area contributed by atoms with Gasteiger partial charge in [0.2, 0.25) is 0 Å². The maximum Gasteiger partial charge on any atom is 0.358 e. The Morgan fingerprint density at radius 2 is 2.00 bits per heavy atom. The summed E-state index contributed by atoms with van der Waals surface area (Å²) in [6.45, 7) is 2.73. The normalized spacial score (nSPS) is 14.4. The quantitative estimate of drug-likeness (QED) is 0.613. The minimum atomic E-state index is -0.498. The monoisotopic (exact) mass is 433 g/mol. The van der Waals surface area contributed by atoms with Gasteiger partial charge in [0.15, 0.2) is 5.69 Å². The van der Waals surface area contributed by atoms with Crippen LogP contribution in [0, 0.1) is 6.92 Å². The van der Waals surface area contributed by atoms with Crippen molar-refractivity contribution >= 4 is 34.8 Å². The van der Waals surface area contributed by atoms with E-state index in [0.29, 0.717) is 12.4 Å². The number of hydrazine groups is 1. The lowest BCUT2D eigenvalue weighted by Crippen LogP contribution is -2.33. The third kappa shape index (κ3) is 3.46. The highest BCUT2D eigenvalue weighted by Crippen LogP contribution is 2.44. The van der Waals surface area contributed by atoms with Crippen molar-refractivity contribution in [3.63, 3.8) is 0 Å². The van der Waals surface area contributed by atoms with Crippen LogP contribution in [0.2, 0.25) is 0 Å². The summed E-state index contributed by atoms with van der Waals surface area (Å²) in [5.74, 6) is 1.65. The lowest BCUT2D eigenvalue weighted by Gasteiger charge is -2.24. The summed E-state index contributed by atoms with van der Waals surface area (Å²) < 4.78 is 4.83. The molecule has 0 aliphatic carbocycles. The molecule has 0 atom stereocenters. The highest BCUT2D eigenvalue weighted by atomic mass is 32.2. The van der Waals surface area contributed by atoms with Crippen LogP contribution in [0.1, 0.15) is 27.2 Å². The number of methoxy groups -OCH3 is 1. The van der Waals surface area contributed by atoms with Crippen LogP contribution in [0.3, 0.4) is 0 Å². The summed E-state index contributed by atoms with van der Waals surface area (Å²) in [7, 11) is 3.41. The van der Waals surface area contributed by atoms with E-state index in [2.05, 4.69) is 62.7 Å². The Bertz CT molecular complexity index is 1180. The summed E-state index contributed by atoms with van der Waals surface area (Å²) >= 11 is 1.95. The largest absolute Gasteiger partial charge is 0.464 e. The molecule has 7 nitrogen and oxygen atoms in total. The number of ether oxygens (including phenoxy) is 1. The van der Waals surface area contributed by atoms with Crippen molar-refractivity contribution in [3.05, 3.63) is 65.1 Å². The summed E-state index contributed by atoms with van der Waals surface area (Å²) in [5, 5.41) is 2.13. The van der Waals surface area contributed by atoms with Gasteiger partial charge < -0.3 is 9.64 Å². The van der Waals surface area contributed by atoms with Crippen molar-refractivity contribution in [3.8, 4) is 11.3 Å². The third-order valence-electron chi connectivity index (χ3n) is 5.67. The van der Waals surface area contributed by atoms with Crippen LogP contribution in [-0.4, -0.2) is 36.8 Å². The molecule has 1 aromatic heterocycles. The standard InChI is InChI=1S/C23H23N5O2S/c1-14-4-7-20-22(21(14)18-9-24-10-19(25-18)23(29)30-3)28(13-27(20)2)26-17-6-5-15-11-31-12-16(15)8-17/h4-10,26H,11-13H2,1-3H3. The van der Waals surface area contributed by atoms with Gasteiger partial charge >= 0.3 is 5.97 Å². The van der Waals surface area contributed by atoms with Gasteiger partial charge in [-0.25, -0.2) is 9.78 Å². The van der Waals surface area contributed by atoms with Gasteiger partial charge in [0.05, 0.1) is 42.3 Å². The van der Waals surface area contributed by atoms with Crippen LogP contribution in [-0.2, 0) is 16.2 Å². The Kier molecular flexibility index (Phi) is 4.94. The van der Waals surface area contributed by atoms with Gasteiger partial charge in [-0.15, -0.1) is 0 Å². The molecule has 3 heterocycles. The molecular weight excluding hydrogens is 410 g/mol. The predicted molar refractivity (Wildman–Crippen MR) is 124 cm³/mol. The molecule has 0 fully saturated rings. The zero-order valence-corrected chi connectivity index (χ0v) is 18.5. The number of esters is 1. The third-order valence-corrected chi connectivity index (χ3v) is 6.70. The van der Waals surface area contributed by atoms with Gasteiger partial charge in [-0.3, -0.25) is 15.4 Å². The van der Waals surface area contributed by atoms with Crippen molar-refractivity contribution in [1.29, 1.82) is 0 Å². The van der Waals surface area contributed by atoms with Crippen LogP contribution in [0.25, 0.3) is 11.3 Å². The molecule has 5 rings (SSSR count). The molecule has 0 spiro atoms. The summed E-state index contributed by atoms with van der Waals surface area (Å²) in [4.78, 5) is 23.0. The Morgan fingerprint density at radius 3 is 2.84 bits per heavy atom. The highest BCUT2D eigenvalue weighted by Gasteiger charge is 2.29. The molecule has 2 aliphatic heterocycles. The Labute approximate surface area is 185 Å². The molecule has 1 N–H and O–H groups in total. The first kappa shape index (κ1) is 19.7. The zero-order valence-electron chi connectivity index (χ0n) is 17.7. The molecule has 8 heteroatoms. The number of hydrogen-bond acceptors (Lipinski definition) is 8. The number of nitrogens with zero attached hydrogens (tertiary/aromatic N) is 4. The van der Waals surface area contributed by atoms with Gasteiger partial charge in [0, 0.05) is 24.1 Å². The van der Waals surface area contributed by atoms with Crippen LogP contribution < -0.4 is 15.3 Å². The molecule has 0 amide bonds. The number of benzene rings is 2. The van der Waals surface area contributed by atoms with Gasteiger partial charge in [-0.2, -0.15) is 11.8 Å². The average molecular weight is 434 g/mol. The van der Waals surface area contributed by atoms with E-state index in [-0.39, 0.29) is 5.69 Å².